The zero-order chi connectivity index (χ0) is 10.9. The predicted octanol–water partition coefficient (Wildman–Crippen LogP) is 1.37. The Morgan fingerprint density at radius 1 is 1.60 bits per heavy atom. The van der Waals surface area contributed by atoms with Crippen molar-refractivity contribution in [1.82, 2.24) is 5.32 Å². The Kier molecular flexibility index (Phi) is 5.58. The van der Waals surface area contributed by atoms with Gasteiger partial charge in [-0.3, -0.25) is 4.79 Å². The monoisotopic (exact) mass is 212 g/mol. The maximum atomic E-state index is 11.3. The molecule has 1 unspecified atom stereocenters. The van der Waals surface area contributed by atoms with E-state index in [9.17, 15) is 4.79 Å². The average molecular weight is 212 g/mol. The van der Waals surface area contributed by atoms with Crippen LogP contribution in [-0.4, -0.2) is 31.7 Å². The van der Waals surface area contributed by atoms with Crippen molar-refractivity contribution >= 4 is 5.91 Å². The molecule has 0 radical (unpaired) electrons. The third kappa shape index (κ3) is 5.24. The molecule has 15 heavy (non-hydrogen) atoms. The maximum Gasteiger partial charge on any atom is 0.222 e. The molecule has 0 spiro atoms. The number of carbonyl (C=O) groups is 1. The van der Waals surface area contributed by atoms with Gasteiger partial charge >= 0.3 is 0 Å². The van der Waals surface area contributed by atoms with Crippen LogP contribution >= 0.6 is 0 Å². The van der Waals surface area contributed by atoms with Crippen LogP contribution in [0.3, 0.4) is 0 Å². The summed E-state index contributed by atoms with van der Waals surface area (Å²) in [6.07, 6.45) is 3.67. The van der Waals surface area contributed by atoms with E-state index in [1.807, 2.05) is 0 Å². The molecule has 0 aromatic rings. The van der Waals surface area contributed by atoms with E-state index < -0.39 is 0 Å². The van der Waals surface area contributed by atoms with Crippen LogP contribution in [-0.2, 0) is 9.53 Å². The van der Waals surface area contributed by atoms with Crippen LogP contribution in [0.1, 0.15) is 25.7 Å². The fourth-order valence-electron chi connectivity index (χ4n) is 1.54. The topological polar surface area (TPSA) is 87.1 Å². The lowest BCUT2D eigenvalue weighted by molar-refractivity contribution is -0.124. The maximum absolute atomic E-state index is 11.3. The number of hydrogen-bond donors (Lipinski definition) is 1. The average Bonchev–Trinajstić information content (AvgIpc) is 2.26. The highest BCUT2D eigenvalue weighted by molar-refractivity contribution is 5.76. The van der Waals surface area contributed by atoms with Gasteiger partial charge in [0.25, 0.3) is 0 Å². The van der Waals surface area contributed by atoms with Gasteiger partial charge in [-0.2, -0.15) is 0 Å². The first-order chi connectivity index (χ1) is 7.33. The molecule has 1 fully saturated rings. The Bertz CT molecular complexity index is 244. The standard InChI is InChI=1S/C9H16N4O2/c10-13-12-5-4-11-9(14)7-8-3-1-2-6-15-8/h8H,1-7H2,(H,11,14). The molecule has 0 aromatic heterocycles. The number of carbonyl (C=O) groups excluding carboxylic acids is 1. The summed E-state index contributed by atoms with van der Waals surface area (Å²) in [5.41, 5.74) is 8.02. The first-order valence-corrected chi connectivity index (χ1v) is 5.22. The van der Waals surface area contributed by atoms with Gasteiger partial charge in [-0.25, -0.2) is 0 Å². The summed E-state index contributed by atoms with van der Waals surface area (Å²) in [5, 5.41) is 6.01. The van der Waals surface area contributed by atoms with Crippen LogP contribution < -0.4 is 5.32 Å². The normalized spacial score (nSPS) is 20.4. The van der Waals surface area contributed by atoms with Gasteiger partial charge in [0, 0.05) is 24.6 Å². The van der Waals surface area contributed by atoms with Crippen molar-refractivity contribution in [3.05, 3.63) is 10.4 Å². The summed E-state index contributed by atoms with van der Waals surface area (Å²) in [6.45, 7) is 1.46. The number of ether oxygens (including phenoxy) is 1. The summed E-state index contributed by atoms with van der Waals surface area (Å²) in [4.78, 5) is 13.9. The summed E-state index contributed by atoms with van der Waals surface area (Å²) in [6, 6.07) is 0. The lowest BCUT2D eigenvalue weighted by atomic mass is 10.1. The van der Waals surface area contributed by atoms with E-state index in [4.69, 9.17) is 10.3 Å². The fraction of sp³-hybridized carbons (Fsp3) is 0.889. The van der Waals surface area contributed by atoms with Crippen molar-refractivity contribution < 1.29 is 9.53 Å². The second kappa shape index (κ2) is 7.09. The van der Waals surface area contributed by atoms with Crippen LogP contribution in [0.25, 0.3) is 10.4 Å². The number of azide groups is 1. The molecule has 1 rings (SSSR count). The molecule has 6 nitrogen and oxygen atoms in total. The van der Waals surface area contributed by atoms with E-state index in [0.29, 0.717) is 19.5 Å². The number of amides is 1. The summed E-state index contributed by atoms with van der Waals surface area (Å²) in [7, 11) is 0. The first-order valence-electron chi connectivity index (χ1n) is 5.22. The van der Waals surface area contributed by atoms with Crippen molar-refractivity contribution in [3.8, 4) is 0 Å². The van der Waals surface area contributed by atoms with E-state index in [1.54, 1.807) is 0 Å². The van der Waals surface area contributed by atoms with Gasteiger partial charge in [0.2, 0.25) is 5.91 Å². The van der Waals surface area contributed by atoms with Gasteiger partial charge in [-0.05, 0) is 24.8 Å². The second-order valence-corrected chi connectivity index (χ2v) is 3.50. The molecule has 1 heterocycles. The molecule has 1 saturated heterocycles. The highest BCUT2D eigenvalue weighted by atomic mass is 16.5. The minimum absolute atomic E-state index is 0.0324. The number of rotatable bonds is 5. The number of nitrogens with one attached hydrogen (secondary N) is 1. The van der Waals surface area contributed by atoms with Crippen LogP contribution in [0.5, 0.6) is 0 Å². The van der Waals surface area contributed by atoms with Crippen molar-refractivity contribution in [2.24, 2.45) is 5.11 Å². The van der Waals surface area contributed by atoms with Crippen molar-refractivity contribution in [2.45, 2.75) is 31.8 Å². The Balaban J connectivity index is 2.08. The minimum atomic E-state index is -0.0324. The Hall–Kier alpha value is -1.26. The third-order valence-electron chi connectivity index (χ3n) is 2.28. The fourth-order valence-corrected chi connectivity index (χ4v) is 1.54. The molecule has 84 valence electrons. The first kappa shape index (κ1) is 11.8. The largest absolute Gasteiger partial charge is 0.378 e. The van der Waals surface area contributed by atoms with Gasteiger partial charge in [0.05, 0.1) is 12.5 Å². The van der Waals surface area contributed by atoms with Gasteiger partial charge in [-0.1, -0.05) is 5.11 Å². The zero-order valence-electron chi connectivity index (χ0n) is 8.69. The Morgan fingerprint density at radius 3 is 3.13 bits per heavy atom. The molecule has 1 atom stereocenters. The second-order valence-electron chi connectivity index (χ2n) is 3.50. The number of hydrogen-bond acceptors (Lipinski definition) is 3. The molecular formula is C9H16N4O2. The predicted molar refractivity (Wildman–Crippen MR) is 55.2 cm³/mol. The van der Waals surface area contributed by atoms with Crippen LogP contribution in [0.2, 0.25) is 0 Å². The molecule has 0 saturated carbocycles. The molecule has 1 amide bonds. The van der Waals surface area contributed by atoms with Crippen LogP contribution in [0.15, 0.2) is 5.11 Å². The zero-order valence-corrected chi connectivity index (χ0v) is 8.69. The van der Waals surface area contributed by atoms with Gasteiger partial charge in [0.15, 0.2) is 0 Å². The molecule has 1 N–H and O–H groups in total. The van der Waals surface area contributed by atoms with E-state index in [1.165, 1.54) is 0 Å². The van der Waals surface area contributed by atoms with Gasteiger partial charge < -0.3 is 10.1 Å². The summed E-state index contributed by atoms with van der Waals surface area (Å²) < 4.78 is 5.43. The molecule has 0 aromatic carbocycles. The summed E-state index contributed by atoms with van der Waals surface area (Å²) in [5.74, 6) is -0.0324. The van der Waals surface area contributed by atoms with E-state index in [0.717, 1.165) is 25.9 Å². The quantitative estimate of drug-likeness (QED) is 0.323. The van der Waals surface area contributed by atoms with Crippen molar-refractivity contribution in [1.29, 1.82) is 0 Å². The van der Waals surface area contributed by atoms with Crippen molar-refractivity contribution in [3.63, 3.8) is 0 Å². The van der Waals surface area contributed by atoms with Gasteiger partial charge in [0.1, 0.15) is 0 Å². The highest BCUT2D eigenvalue weighted by Gasteiger charge is 2.16. The van der Waals surface area contributed by atoms with E-state index in [2.05, 4.69) is 15.3 Å². The molecule has 6 heteroatoms. The van der Waals surface area contributed by atoms with Crippen LogP contribution in [0.4, 0.5) is 0 Å². The molecule has 1 aliphatic heterocycles. The van der Waals surface area contributed by atoms with E-state index >= 15 is 0 Å². The number of nitrogens with zero attached hydrogens (tertiary/aromatic N) is 3. The summed E-state index contributed by atoms with van der Waals surface area (Å²) >= 11 is 0. The highest BCUT2D eigenvalue weighted by Crippen LogP contribution is 2.15. The lowest BCUT2D eigenvalue weighted by Gasteiger charge is -2.21. The molecule has 0 aliphatic carbocycles. The van der Waals surface area contributed by atoms with E-state index in [-0.39, 0.29) is 12.0 Å². The van der Waals surface area contributed by atoms with Crippen LogP contribution in [0, 0.1) is 0 Å². The van der Waals surface area contributed by atoms with Crippen molar-refractivity contribution in [2.75, 3.05) is 19.7 Å². The smallest absolute Gasteiger partial charge is 0.222 e. The molecular weight excluding hydrogens is 196 g/mol. The molecule has 0 bridgehead atoms. The third-order valence-corrected chi connectivity index (χ3v) is 2.28. The Morgan fingerprint density at radius 2 is 2.47 bits per heavy atom. The molecule has 1 aliphatic rings. The lowest BCUT2D eigenvalue weighted by Crippen LogP contribution is -2.31. The van der Waals surface area contributed by atoms with Gasteiger partial charge in [-0.15, -0.1) is 0 Å². The Labute approximate surface area is 88.6 Å². The SMILES string of the molecule is [N-]=[N+]=NCCNC(=O)CC1CCCCO1. The minimum Gasteiger partial charge on any atom is -0.378 e.